The molecule has 0 spiro atoms. The van der Waals surface area contributed by atoms with Gasteiger partial charge in [0.2, 0.25) is 5.43 Å². The maximum absolute atomic E-state index is 14.9. The minimum atomic E-state index is -0.643. The highest BCUT2D eigenvalue weighted by Gasteiger charge is 2.46. The van der Waals surface area contributed by atoms with Gasteiger partial charge in [-0.05, 0) is 40.5 Å². The van der Waals surface area contributed by atoms with Gasteiger partial charge >= 0.3 is 0 Å². The molecule has 4 heterocycles. The number of rotatable bonds is 1. The fourth-order valence-electron chi connectivity index (χ4n) is 5.69. The Balaban J connectivity index is 1.58. The standard InChI is InChI=1S/C27H19ClFN3O4S/c28-21-12-19-15-6-5-14(29)11-18(15)23(16-3-1-2-4-17(16)26(19)37-21)32-22-13-36-10-9-30(22)27(35)24-25(34)20(33)7-8-31(24)32/h1-8,11-12,22-23,34H,9-10,13H2/t22-,23+/m1/s1. The number of aromatic hydroxyl groups is 1. The lowest BCUT2D eigenvalue weighted by atomic mass is 9.92. The number of halogens is 2. The van der Waals surface area contributed by atoms with Gasteiger partial charge in [-0.3, -0.25) is 19.3 Å². The first kappa shape index (κ1) is 22.5. The second kappa shape index (κ2) is 8.17. The van der Waals surface area contributed by atoms with Crippen molar-refractivity contribution in [2.24, 2.45) is 0 Å². The molecule has 0 bridgehead atoms. The number of fused-ring (bicyclic) bond motifs is 7. The van der Waals surface area contributed by atoms with E-state index in [9.17, 15) is 19.1 Å². The minimum absolute atomic E-state index is 0.122. The van der Waals surface area contributed by atoms with Crippen LogP contribution in [0.2, 0.25) is 4.34 Å². The summed E-state index contributed by atoms with van der Waals surface area (Å²) in [5.74, 6) is -1.47. The molecule has 0 unspecified atom stereocenters. The van der Waals surface area contributed by atoms with Crippen LogP contribution in [0.1, 0.15) is 27.7 Å². The van der Waals surface area contributed by atoms with Gasteiger partial charge in [0.25, 0.3) is 5.91 Å². The summed E-state index contributed by atoms with van der Waals surface area (Å²) in [5, 5.41) is 12.6. The highest BCUT2D eigenvalue weighted by Crippen LogP contribution is 2.51. The molecule has 7 nitrogen and oxygen atoms in total. The summed E-state index contributed by atoms with van der Waals surface area (Å²) in [5.41, 5.74) is 3.42. The van der Waals surface area contributed by atoms with Crippen LogP contribution < -0.4 is 10.4 Å². The van der Waals surface area contributed by atoms with E-state index in [4.69, 9.17) is 16.3 Å². The zero-order chi connectivity index (χ0) is 25.4. The van der Waals surface area contributed by atoms with Crippen LogP contribution in [0.15, 0.2) is 65.6 Å². The van der Waals surface area contributed by atoms with Crippen molar-refractivity contribution in [3.63, 3.8) is 0 Å². The summed E-state index contributed by atoms with van der Waals surface area (Å²) in [6.45, 7) is 0.820. The van der Waals surface area contributed by atoms with E-state index in [2.05, 4.69) is 0 Å². The fraction of sp³-hybridized carbons (Fsp3) is 0.185. The fourth-order valence-corrected chi connectivity index (χ4v) is 6.98. The number of pyridine rings is 1. The average Bonchev–Trinajstić information content (AvgIpc) is 3.25. The number of benzene rings is 2. The molecule has 10 heteroatoms. The molecule has 7 rings (SSSR count). The summed E-state index contributed by atoms with van der Waals surface area (Å²) in [4.78, 5) is 28.4. The number of morpholine rings is 1. The Kier molecular flexibility index (Phi) is 4.98. The summed E-state index contributed by atoms with van der Waals surface area (Å²) in [6.07, 6.45) is 0.921. The van der Waals surface area contributed by atoms with Crippen LogP contribution >= 0.6 is 22.9 Å². The highest BCUT2D eigenvalue weighted by molar-refractivity contribution is 7.20. The predicted octanol–water partition coefficient (Wildman–Crippen LogP) is 4.60. The van der Waals surface area contributed by atoms with E-state index < -0.39 is 35.1 Å². The van der Waals surface area contributed by atoms with Gasteiger partial charge in [0.1, 0.15) is 12.0 Å². The van der Waals surface area contributed by atoms with Crippen LogP contribution in [0.25, 0.3) is 21.6 Å². The van der Waals surface area contributed by atoms with Gasteiger partial charge in [0, 0.05) is 29.2 Å². The molecule has 3 aliphatic rings. The number of hydrogen-bond donors (Lipinski definition) is 1. The largest absolute Gasteiger partial charge is 0.502 e. The lowest BCUT2D eigenvalue weighted by molar-refractivity contribution is -0.0196. The van der Waals surface area contributed by atoms with Crippen molar-refractivity contribution < 1.29 is 19.0 Å². The van der Waals surface area contributed by atoms with E-state index in [0.29, 0.717) is 16.5 Å². The summed E-state index contributed by atoms with van der Waals surface area (Å²) < 4.78 is 22.9. The van der Waals surface area contributed by atoms with E-state index >= 15 is 0 Å². The third-order valence-corrected chi connectivity index (χ3v) is 8.54. The molecule has 1 N–H and O–H groups in total. The quantitative estimate of drug-likeness (QED) is 0.386. The molecular weight excluding hydrogens is 517 g/mol. The molecular formula is C27H19ClFN3O4S. The van der Waals surface area contributed by atoms with Crippen LogP contribution in [0.4, 0.5) is 4.39 Å². The van der Waals surface area contributed by atoms with Gasteiger partial charge in [0.15, 0.2) is 11.4 Å². The molecule has 1 saturated heterocycles. The number of carbonyl (C=O) groups is 1. The van der Waals surface area contributed by atoms with E-state index in [1.54, 1.807) is 11.0 Å². The number of aromatic nitrogens is 1. The first-order valence-electron chi connectivity index (χ1n) is 11.7. The molecule has 2 atom stereocenters. The second-order valence-electron chi connectivity index (χ2n) is 9.17. The third-order valence-electron chi connectivity index (χ3n) is 7.24. The zero-order valence-corrected chi connectivity index (χ0v) is 20.8. The SMILES string of the molecule is O=C1c2c(O)c(=O)ccn2N([C@@H]2c3cc(F)ccc3-c3cc(Cl)sc3-c3ccccc32)[C@@H]2COCCN12. The first-order valence-corrected chi connectivity index (χ1v) is 12.9. The topological polar surface area (TPSA) is 75.0 Å². The van der Waals surface area contributed by atoms with Crippen molar-refractivity contribution >= 4 is 28.8 Å². The van der Waals surface area contributed by atoms with Gasteiger partial charge in [-0.1, -0.05) is 41.9 Å². The summed E-state index contributed by atoms with van der Waals surface area (Å²) >= 11 is 7.92. The van der Waals surface area contributed by atoms with Crippen molar-refractivity contribution in [2.75, 3.05) is 24.8 Å². The molecule has 4 aromatic rings. The first-order chi connectivity index (χ1) is 17.9. The molecule has 2 aliphatic heterocycles. The van der Waals surface area contributed by atoms with Crippen LogP contribution in [0, 0.1) is 5.82 Å². The number of ether oxygens (including phenoxy) is 1. The van der Waals surface area contributed by atoms with Crippen LogP contribution in [-0.2, 0) is 4.74 Å². The number of carbonyl (C=O) groups excluding carboxylic acids is 1. The van der Waals surface area contributed by atoms with E-state index in [-0.39, 0.29) is 18.8 Å². The van der Waals surface area contributed by atoms with E-state index in [1.165, 1.54) is 40.4 Å². The molecule has 2 aromatic heterocycles. The number of nitrogens with zero attached hydrogens (tertiary/aromatic N) is 3. The van der Waals surface area contributed by atoms with E-state index in [1.807, 2.05) is 35.3 Å². The molecule has 37 heavy (non-hydrogen) atoms. The molecule has 2 aromatic carbocycles. The normalized spacial score (nSPS) is 19.9. The lowest BCUT2D eigenvalue weighted by Gasteiger charge is -2.51. The number of hydrogen-bond acceptors (Lipinski definition) is 6. The average molecular weight is 536 g/mol. The monoisotopic (exact) mass is 535 g/mol. The Hall–Kier alpha value is -3.66. The van der Waals surface area contributed by atoms with Crippen molar-refractivity contribution in [3.8, 4) is 27.3 Å². The number of thiophene rings is 1. The molecule has 0 radical (unpaired) electrons. The van der Waals surface area contributed by atoms with Gasteiger partial charge in [-0.25, -0.2) is 4.39 Å². The van der Waals surface area contributed by atoms with Crippen LogP contribution in [0.5, 0.6) is 5.75 Å². The molecule has 0 saturated carbocycles. The Morgan fingerprint density at radius 1 is 1.03 bits per heavy atom. The molecule has 1 amide bonds. The summed E-state index contributed by atoms with van der Waals surface area (Å²) in [7, 11) is 0. The summed E-state index contributed by atoms with van der Waals surface area (Å²) in [6, 6.07) is 15.0. The van der Waals surface area contributed by atoms with Gasteiger partial charge in [0.05, 0.1) is 23.6 Å². The number of amides is 1. The van der Waals surface area contributed by atoms with Gasteiger partial charge in [-0.15, -0.1) is 11.3 Å². The van der Waals surface area contributed by atoms with Crippen molar-refractivity contribution in [3.05, 3.63) is 98.0 Å². The molecule has 1 aliphatic carbocycles. The second-order valence-corrected chi connectivity index (χ2v) is 10.9. The predicted molar refractivity (Wildman–Crippen MR) is 138 cm³/mol. The Morgan fingerprint density at radius 2 is 1.86 bits per heavy atom. The zero-order valence-electron chi connectivity index (χ0n) is 19.2. The van der Waals surface area contributed by atoms with Crippen LogP contribution in [-0.4, -0.2) is 46.5 Å². The molecule has 1 fully saturated rings. The Bertz CT molecular complexity index is 1670. The third kappa shape index (κ3) is 3.21. The maximum atomic E-state index is 14.9. The Labute approximate surface area is 219 Å². The molecule has 186 valence electrons. The lowest BCUT2D eigenvalue weighted by Crippen LogP contribution is -2.66. The van der Waals surface area contributed by atoms with Crippen LogP contribution in [0.3, 0.4) is 0 Å². The van der Waals surface area contributed by atoms with Gasteiger partial charge in [-0.2, -0.15) is 0 Å². The van der Waals surface area contributed by atoms with E-state index in [0.717, 1.165) is 27.1 Å². The smallest absolute Gasteiger partial charge is 0.278 e. The van der Waals surface area contributed by atoms with Crippen molar-refractivity contribution in [2.45, 2.75) is 12.2 Å². The van der Waals surface area contributed by atoms with Crippen molar-refractivity contribution in [1.29, 1.82) is 0 Å². The minimum Gasteiger partial charge on any atom is -0.502 e. The van der Waals surface area contributed by atoms with Crippen molar-refractivity contribution in [1.82, 2.24) is 9.58 Å². The van der Waals surface area contributed by atoms with Gasteiger partial charge < -0.3 is 14.7 Å². The maximum Gasteiger partial charge on any atom is 0.278 e. The highest BCUT2D eigenvalue weighted by atomic mass is 35.5. The Morgan fingerprint density at radius 3 is 2.73 bits per heavy atom.